The zero-order chi connectivity index (χ0) is 11.9. The molecule has 2 rings (SSSR count). The molecule has 2 heterocycles. The molecule has 100 valence electrons. The highest BCUT2D eigenvalue weighted by atomic mass is 16.5. The highest BCUT2D eigenvalue weighted by molar-refractivity contribution is 4.73. The fraction of sp³-hybridized carbons (Fsp3) is 1.00. The minimum atomic E-state index is 0.565. The lowest BCUT2D eigenvalue weighted by atomic mass is 10.0. The molecule has 0 aromatic rings. The Balaban J connectivity index is 1.57. The minimum absolute atomic E-state index is 0.565. The number of morpholine rings is 1. The van der Waals surface area contributed by atoms with E-state index in [0.717, 1.165) is 58.5 Å². The summed E-state index contributed by atoms with van der Waals surface area (Å²) >= 11 is 0. The summed E-state index contributed by atoms with van der Waals surface area (Å²) in [6, 6.07) is 0.565. The molecule has 0 bridgehead atoms. The summed E-state index contributed by atoms with van der Waals surface area (Å²) in [6.45, 7) is 10.4. The van der Waals surface area contributed by atoms with Gasteiger partial charge in [0.15, 0.2) is 0 Å². The lowest BCUT2D eigenvalue weighted by molar-refractivity contribution is 0.0321. The first-order valence-electron chi connectivity index (χ1n) is 6.96. The number of hydrogen-bond acceptors (Lipinski definition) is 4. The van der Waals surface area contributed by atoms with Gasteiger partial charge in [-0.15, -0.1) is 0 Å². The second-order valence-corrected chi connectivity index (χ2v) is 5.31. The third-order valence-electron chi connectivity index (χ3n) is 3.65. The molecule has 2 atom stereocenters. The Bertz CT molecular complexity index is 202. The smallest absolute Gasteiger partial charge is 0.0594 e. The zero-order valence-electron chi connectivity index (χ0n) is 11.0. The Morgan fingerprint density at radius 1 is 1.24 bits per heavy atom. The summed E-state index contributed by atoms with van der Waals surface area (Å²) in [7, 11) is 0. The lowest BCUT2D eigenvalue weighted by Crippen LogP contribution is -2.45. The van der Waals surface area contributed by atoms with Crippen LogP contribution in [-0.4, -0.2) is 63.5 Å². The van der Waals surface area contributed by atoms with Gasteiger partial charge in [0.2, 0.25) is 0 Å². The quantitative estimate of drug-likeness (QED) is 0.770. The van der Waals surface area contributed by atoms with Crippen LogP contribution < -0.4 is 5.32 Å². The predicted octanol–water partition coefficient (Wildman–Crippen LogP) is 0.723. The van der Waals surface area contributed by atoms with Crippen LogP contribution in [0.25, 0.3) is 0 Å². The molecule has 4 nitrogen and oxygen atoms in total. The number of rotatable bonds is 5. The van der Waals surface area contributed by atoms with Crippen molar-refractivity contribution < 1.29 is 9.47 Å². The van der Waals surface area contributed by atoms with E-state index in [1.807, 2.05) is 0 Å². The number of hydrogen-bond donors (Lipinski definition) is 1. The van der Waals surface area contributed by atoms with Crippen LogP contribution in [0.1, 0.15) is 19.8 Å². The second-order valence-electron chi connectivity index (χ2n) is 5.31. The van der Waals surface area contributed by atoms with Gasteiger partial charge in [0, 0.05) is 38.8 Å². The van der Waals surface area contributed by atoms with Crippen molar-refractivity contribution >= 4 is 0 Å². The summed E-state index contributed by atoms with van der Waals surface area (Å²) in [5.41, 5.74) is 0. The molecule has 0 aromatic heterocycles. The van der Waals surface area contributed by atoms with Gasteiger partial charge in [0.1, 0.15) is 0 Å². The molecule has 1 N–H and O–H groups in total. The molecule has 2 fully saturated rings. The molecule has 0 aromatic carbocycles. The first-order valence-corrected chi connectivity index (χ1v) is 6.96. The summed E-state index contributed by atoms with van der Waals surface area (Å²) in [4.78, 5) is 2.48. The van der Waals surface area contributed by atoms with Gasteiger partial charge >= 0.3 is 0 Å². The summed E-state index contributed by atoms with van der Waals surface area (Å²) < 4.78 is 10.9. The molecule has 2 unspecified atom stereocenters. The molecule has 2 saturated heterocycles. The van der Waals surface area contributed by atoms with Gasteiger partial charge < -0.3 is 14.8 Å². The van der Waals surface area contributed by atoms with Crippen LogP contribution >= 0.6 is 0 Å². The van der Waals surface area contributed by atoms with Gasteiger partial charge in [-0.2, -0.15) is 0 Å². The van der Waals surface area contributed by atoms with Crippen LogP contribution in [0.2, 0.25) is 0 Å². The van der Waals surface area contributed by atoms with Crippen LogP contribution in [0.4, 0.5) is 0 Å². The molecule has 0 radical (unpaired) electrons. The maximum atomic E-state index is 5.50. The highest BCUT2D eigenvalue weighted by Crippen LogP contribution is 2.12. The standard InChI is InChI=1S/C13H26N2O2/c1-12(10-15-4-7-16-8-5-15)14-9-13-3-2-6-17-11-13/h12-14H,2-11H2,1H3. The van der Waals surface area contributed by atoms with E-state index in [-0.39, 0.29) is 0 Å². The number of ether oxygens (including phenoxy) is 2. The Kier molecular flexibility index (Phi) is 5.71. The summed E-state index contributed by atoms with van der Waals surface area (Å²) in [5.74, 6) is 0.718. The van der Waals surface area contributed by atoms with Gasteiger partial charge in [-0.1, -0.05) is 0 Å². The first-order chi connectivity index (χ1) is 8.34. The van der Waals surface area contributed by atoms with Gasteiger partial charge in [-0.05, 0) is 25.7 Å². The van der Waals surface area contributed by atoms with E-state index in [1.54, 1.807) is 0 Å². The maximum absolute atomic E-state index is 5.50. The molecule has 0 spiro atoms. The van der Waals surface area contributed by atoms with E-state index in [0.29, 0.717) is 6.04 Å². The Hall–Kier alpha value is -0.160. The molecule has 2 aliphatic heterocycles. The van der Waals surface area contributed by atoms with E-state index in [9.17, 15) is 0 Å². The normalized spacial score (nSPS) is 29.1. The van der Waals surface area contributed by atoms with Crippen molar-refractivity contribution in [3.8, 4) is 0 Å². The third kappa shape index (κ3) is 4.92. The average Bonchev–Trinajstić information content (AvgIpc) is 2.39. The fourth-order valence-corrected chi connectivity index (χ4v) is 2.57. The summed E-state index contributed by atoms with van der Waals surface area (Å²) in [6.07, 6.45) is 2.54. The van der Waals surface area contributed by atoms with Crippen molar-refractivity contribution in [1.82, 2.24) is 10.2 Å². The molecule has 0 amide bonds. The van der Waals surface area contributed by atoms with Crippen molar-refractivity contribution in [3.63, 3.8) is 0 Å². The van der Waals surface area contributed by atoms with Crippen molar-refractivity contribution in [2.45, 2.75) is 25.8 Å². The van der Waals surface area contributed by atoms with E-state index in [4.69, 9.17) is 9.47 Å². The molecular weight excluding hydrogens is 216 g/mol. The molecule has 0 saturated carbocycles. The molecule has 2 aliphatic rings. The van der Waals surface area contributed by atoms with Crippen molar-refractivity contribution in [2.75, 3.05) is 52.6 Å². The SMILES string of the molecule is CC(CN1CCOCC1)NCC1CCCOC1. The van der Waals surface area contributed by atoms with E-state index < -0.39 is 0 Å². The Labute approximate surface area is 105 Å². The average molecular weight is 242 g/mol. The van der Waals surface area contributed by atoms with Gasteiger partial charge in [-0.3, -0.25) is 4.90 Å². The van der Waals surface area contributed by atoms with Gasteiger partial charge in [-0.25, -0.2) is 0 Å². The van der Waals surface area contributed by atoms with Crippen LogP contribution in [0, 0.1) is 5.92 Å². The van der Waals surface area contributed by atoms with Crippen molar-refractivity contribution in [1.29, 1.82) is 0 Å². The number of nitrogens with one attached hydrogen (secondary N) is 1. The first kappa shape index (κ1) is 13.3. The van der Waals surface area contributed by atoms with Crippen molar-refractivity contribution in [3.05, 3.63) is 0 Å². The van der Waals surface area contributed by atoms with E-state index >= 15 is 0 Å². The van der Waals surface area contributed by atoms with Crippen LogP contribution in [0.3, 0.4) is 0 Å². The zero-order valence-corrected chi connectivity index (χ0v) is 11.0. The van der Waals surface area contributed by atoms with Crippen molar-refractivity contribution in [2.24, 2.45) is 5.92 Å². The molecule has 4 heteroatoms. The molecular formula is C13H26N2O2. The Morgan fingerprint density at radius 2 is 2.06 bits per heavy atom. The van der Waals surface area contributed by atoms with Crippen LogP contribution in [0.15, 0.2) is 0 Å². The summed E-state index contributed by atoms with van der Waals surface area (Å²) in [5, 5.41) is 3.64. The van der Waals surface area contributed by atoms with Gasteiger partial charge in [0.05, 0.1) is 19.8 Å². The maximum Gasteiger partial charge on any atom is 0.0594 e. The lowest BCUT2D eigenvalue weighted by Gasteiger charge is -2.30. The van der Waals surface area contributed by atoms with E-state index in [1.165, 1.54) is 12.8 Å². The fourth-order valence-electron chi connectivity index (χ4n) is 2.57. The monoisotopic (exact) mass is 242 g/mol. The largest absolute Gasteiger partial charge is 0.381 e. The van der Waals surface area contributed by atoms with Gasteiger partial charge in [0.25, 0.3) is 0 Å². The predicted molar refractivity (Wildman–Crippen MR) is 68.3 cm³/mol. The minimum Gasteiger partial charge on any atom is -0.381 e. The Morgan fingerprint density at radius 3 is 2.76 bits per heavy atom. The van der Waals surface area contributed by atoms with Crippen LogP contribution in [0.5, 0.6) is 0 Å². The molecule has 0 aliphatic carbocycles. The molecule has 17 heavy (non-hydrogen) atoms. The van der Waals surface area contributed by atoms with Crippen LogP contribution in [-0.2, 0) is 9.47 Å². The number of nitrogens with zero attached hydrogens (tertiary/aromatic N) is 1. The highest BCUT2D eigenvalue weighted by Gasteiger charge is 2.16. The third-order valence-corrected chi connectivity index (χ3v) is 3.65. The van der Waals surface area contributed by atoms with E-state index in [2.05, 4.69) is 17.1 Å². The topological polar surface area (TPSA) is 33.7 Å². The second kappa shape index (κ2) is 7.31.